The number of rotatable bonds is 5. The van der Waals surface area contributed by atoms with Gasteiger partial charge in [0.25, 0.3) is 0 Å². The Hall–Kier alpha value is -1.95. The Balaban J connectivity index is 1.50. The Morgan fingerprint density at radius 2 is 1.65 bits per heavy atom. The second-order valence-corrected chi connectivity index (χ2v) is 9.78. The fourth-order valence-corrected chi connectivity index (χ4v) is 4.97. The van der Waals surface area contributed by atoms with E-state index in [-0.39, 0.29) is 12.0 Å². The summed E-state index contributed by atoms with van der Waals surface area (Å²) in [7, 11) is 0. The molecule has 1 heterocycles. The monoisotopic (exact) mass is 486 g/mol. The molecule has 0 radical (unpaired) electrons. The summed E-state index contributed by atoms with van der Waals surface area (Å²) in [6.45, 7) is -0.377. The van der Waals surface area contributed by atoms with Crippen molar-refractivity contribution in [1.82, 2.24) is 0 Å². The molecule has 0 amide bonds. The van der Waals surface area contributed by atoms with Crippen LogP contribution in [0.1, 0.15) is 54.0 Å². The first-order valence-electron chi connectivity index (χ1n) is 11.7. The number of hydrogen-bond acceptors (Lipinski definition) is 6. The summed E-state index contributed by atoms with van der Waals surface area (Å²) in [5.41, 5.74) is 3.07. The highest BCUT2D eigenvalue weighted by atomic mass is 35.5. The predicted molar refractivity (Wildman–Crippen MR) is 128 cm³/mol. The lowest BCUT2D eigenvalue weighted by Gasteiger charge is -2.40. The minimum atomic E-state index is -1.43. The summed E-state index contributed by atoms with van der Waals surface area (Å²) >= 11 is 6.44. The average Bonchev–Trinajstić information content (AvgIpc) is 3.33. The van der Waals surface area contributed by atoms with Gasteiger partial charge in [0, 0.05) is 10.6 Å². The maximum absolute atomic E-state index is 10.4. The predicted octanol–water partition coefficient (Wildman–Crippen LogP) is 2.35. The van der Waals surface area contributed by atoms with Crippen molar-refractivity contribution in [3.05, 3.63) is 69.7 Å². The van der Waals surface area contributed by atoms with Gasteiger partial charge in [-0.05, 0) is 54.2 Å². The third kappa shape index (κ3) is 5.32. The zero-order chi connectivity index (χ0) is 24.3. The van der Waals surface area contributed by atoms with E-state index >= 15 is 0 Å². The highest BCUT2D eigenvalue weighted by Gasteiger charge is 2.44. The molecule has 2 aliphatic rings. The molecule has 1 aliphatic heterocycles. The molecule has 6 nitrogen and oxygen atoms in total. The van der Waals surface area contributed by atoms with Crippen LogP contribution < -0.4 is 0 Å². The number of hydrogen-bond donors (Lipinski definition) is 5. The van der Waals surface area contributed by atoms with Crippen LogP contribution in [0.2, 0.25) is 5.02 Å². The van der Waals surface area contributed by atoms with E-state index in [4.69, 9.17) is 16.3 Å². The largest absolute Gasteiger partial charge is 0.395 e. The van der Waals surface area contributed by atoms with Crippen molar-refractivity contribution >= 4 is 11.6 Å². The van der Waals surface area contributed by atoms with Gasteiger partial charge in [0.05, 0.1) is 18.6 Å². The summed E-state index contributed by atoms with van der Waals surface area (Å²) in [5.74, 6) is 6.50. The maximum atomic E-state index is 10.4. The summed E-state index contributed by atoms with van der Waals surface area (Å²) in [6.07, 6.45) is -1.40. The molecule has 182 valence electrons. The second-order valence-electron chi connectivity index (χ2n) is 9.37. The van der Waals surface area contributed by atoms with Crippen molar-refractivity contribution in [2.75, 3.05) is 13.2 Å². The molecule has 2 fully saturated rings. The summed E-state index contributed by atoms with van der Waals surface area (Å²) < 4.78 is 5.68. The first kappa shape index (κ1) is 25.2. The van der Waals surface area contributed by atoms with Crippen LogP contribution in [0.25, 0.3) is 0 Å². The van der Waals surface area contributed by atoms with Crippen molar-refractivity contribution < 1.29 is 30.3 Å². The maximum Gasteiger partial charge on any atom is 0.113 e. The van der Waals surface area contributed by atoms with Crippen molar-refractivity contribution in [2.45, 2.75) is 62.6 Å². The Labute approximate surface area is 204 Å². The van der Waals surface area contributed by atoms with E-state index < -0.39 is 37.1 Å². The number of aliphatic hydroxyl groups is 5. The quantitative estimate of drug-likeness (QED) is 0.415. The molecule has 7 heteroatoms. The number of aliphatic hydroxyl groups excluding tert-OH is 5. The van der Waals surface area contributed by atoms with Crippen molar-refractivity contribution in [3.63, 3.8) is 0 Å². The Bertz CT molecular complexity index is 1040. The third-order valence-corrected chi connectivity index (χ3v) is 7.34. The molecular formula is C27H31ClO6. The van der Waals surface area contributed by atoms with Gasteiger partial charge in [0.15, 0.2) is 0 Å². The van der Waals surface area contributed by atoms with E-state index in [2.05, 4.69) is 11.8 Å². The van der Waals surface area contributed by atoms with E-state index in [1.807, 2.05) is 30.3 Å². The van der Waals surface area contributed by atoms with Crippen LogP contribution in [0.15, 0.2) is 42.5 Å². The molecule has 1 aliphatic carbocycles. The molecule has 1 saturated heterocycles. The van der Waals surface area contributed by atoms with Gasteiger partial charge >= 0.3 is 0 Å². The highest BCUT2D eigenvalue weighted by molar-refractivity contribution is 6.31. The first-order valence-corrected chi connectivity index (χ1v) is 12.1. The molecule has 0 bridgehead atoms. The zero-order valence-electron chi connectivity index (χ0n) is 18.9. The van der Waals surface area contributed by atoms with Crippen molar-refractivity contribution in [1.29, 1.82) is 0 Å². The Kier molecular flexibility index (Phi) is 7.96. The van der Waals surface area contributed by atoms with Crippen LogP contribution >= 0.6 is 11.6 Å². The SMILES string of the molecule is OC[C@H]1O[C@@H](c2ccc(Cl)c(Cc3ccc(C#CC4(CO)CCCC4)cc3)c2)C(O)[C@@H](O)[C@@H]1O. The van der Waals surface area contributed by atoms with Gasteiger partial charge in [-0.2, -0.15) is 0 Å². The molecular weight excluding hydrogens is 456 g/mol. The zero-order valence-corrected chi connectivity index (χ0v) is 19.7. The number of ether oxygens (including phenoxy) is 1. The van der Waals surface area contributed by atoms with Gasteiger partial charge in [-0.1, -0.05) is 60.5 Å². The Morgan fingerprint density at radius 3 is 2.29 bits per heavy atom. The van der Waals surface area contributed by atoms with Gasteiger partial charge in [-0.25, -0.2) is 0 Å². The lowest BCUT2D eigenvalue weighted by molar-refractivity contribution is -0.231. The fourth-order valence-electron chi connectivity index (χ4n) is 4.79. The van der Waals surface area contributed by atoms with Gasteiger partial charge < -0.3 is 30.3 Å². The number of halogens is 1. The highest BCUT2D eigenvalue weighted by Crippen LogP contribution is 2.37. The van der Waals surface area contributed by atoms with E-state index in [1.165, 1.54) is 0 Å². The topological polar surface area (TPSA) is 110 Å². The van der Waals surface area contributed by atoms with Gasteiger partial charge in [0.1, 0.15) is 30.5 Å². The van der Waals surface area contributed by atoms with Crippen LogP contribution in [0.3, 0.4) is 0 Å². The van der Waals surface area contributed by atoms with E-state index in [0.29, 0.717) is 17.0 Å². The summed E-state index contributed by atoms with van der Waals surface area (Å²) in [5, 5.41) is 50.3. The van der Waals surface area contributed by atoms with Crippen molar-refractivity contribution in [3.8, 4) is 11.8 Å². The second kappa shape index (κ2) is 10.8. The minimum absolute atomic E-state index is 0.0986. The molecule has 2 aromatic rings. The minimum Gasteiger partial charge on any atom is -0.395 e. The standard InChI is InChI=1S/C27H31ClO6/c28-21-8-7-19(26-25(33)24(32)23(31)22(15-29)34-26)14-20(21)13-18-5-3-17(4-6-18)9-12-27(16-30)10-1-2-11-27/h3-8,14,22-26,29-33H,1-2,10-11,13,15-16H2/t22-,23-,24+,25?,26+/m1/s1. The lowest BCUT2D eigenvalue weighted by Crippen LogP contribution is -2.55. The number of benzene rings is 2. The van der Waals surface area contributed by atoms with E-state index in [0.717, 1.165) is 42.4 Å². The van der Waals surface area contributed by atoms with Gasteiger partial charge in [-0.15, -0.1) is 0 Å². The average molecular weight is 487 g/mol. The first-order chi connectivity index (χ1) is 16.4. The molecule has 5 N–H and O–H groups in total. The smallest absolute Gasteiger partial charge is 0.113 e. The van der Waals surface area contributed by atoms with Crippen LogP contribution in [0.4, 0.5) is 0 Å². The van der Waals surface area contributed by atoms with E-state index in [9.17, 15) is 25.5 Å². The van der Waals surface area contributed by atoms with Crippen LogP contribution in [-0.2, 0) is 11.2 Å². The molecule has 1 saturated carbocycles. The van der Waals surface area contributed by atoms with Gasteiger partial charge in [-0.3, -0.25) is 0 Å². The summed E-state index contributed by atoms with van der Waals surface area (Å²) in [6, 6.07) is 13.1. The molecule has 5 atom stereocenters. The Morgan fingerprint density at radius 1 is 0.941 bits per heavy atom. The van der Waals surface area contributed by atoms with Crippen LogP contribution in [0.5, 0.6) is 0 Å². The molecule has 4 rings (SSSR count). The molecule has 0 spiro atoms. The van der Waals surface area contributed by atoms with Crippen LogP contribution in [0, 0.1) is 17.3 Å². The molecule has 34 heavy (non-hydrogen) atoms. The van der Waals surface area contributed by atoms with Crippen molar-refractivity contribution in [2.24, 2.45) is 5.41 Å². The molecule has 2 aromatic carbocycles. The third-order valence-electron chi connectivity index (χ3n) is 6.97. The van der Waals surface area contributed by atoms with E-state index in [1.54, 1.807) is 12.1 Å². The summed E-state index contributed by atoms with van der Waals surface area (Å²) in [4.78, 5) is 0. The lowest BCUT2D eigenvalue weighted by atomic mass is 9.88. The molecule has 1 unspecified atom stereocenters. The fraction of sp³-hybridized carbons (Fsp3) is 0.481. The normalized spacial score (nSPS) is 28.4. The molecule has 0 aromatic heterocycles. The van der Waals surface area contributed by atoms with Crippen LogP contribution in [-0.4, -0.2) is 63.2 Å². The van der Waals surface area contributed by atoms with Gasteiger partial charge in [0.2, 0.25) is 0 Å².